The molecule has 3 aromatic carbocycles. The van der Waals surface area contributed by atoms with E-state index < -0.39 is 0 Å². The molecule has 3 aromatic rings. The molecule has 0 saturated carbocycles. The lowest BCUT2D eigenvalue weighted by Crippen LogP contribution is -2.15. The van der Waals surface area contributed by atoms with E-state index in [4.69, 9.17) is 0 Å². The summed E-state index contributed by atoms with van der Waals surface area (Å²) < 4.78 is 0. The normalized spacial score (nSPS) is 18.3. The summed E-state index contributed by atoms with van der Waals surface area (Å²) >= 11 is 0. The van der Waals surface area contributed by atoms with Crippen LogP contribution in [-0.4, -0.2) is 0 Å². The monoisotopic (exact) mass is 415 g/mol. The second-order valence-corrected chi connectivity index (χ2v) is 8.14. The minimum Gasteiger partial charge on any atom is -0.311 e. The summed E-state index contributed by atoms with van der Waals surface area (Å²) in [6.45, 7) is 8.37. The van der Waals surface area contributed by atoms with Crippen LogP contribution in [0.25, 0.3) is 11.1 Å². The first-order chi connectivity index (χ1) is 15.6. The Morgan fingerprint density at radius 2 is 1.16 bits per heavy atom. The zero-order chi connectivity index (χ0) is 22.3. The molecule has 32 heavy (non-hydrogen) atoms. The minimum absolute atomic E-state index is 0.861. The molecule has 4 rings (SSSR count). The van der Waals surface area contributed by atoms with E-state index in [1.807, 2.05) is 12.2 Å². The topological polar surface area (TPSA) is 3.24 Å². The van der Waals surface area contributed by atoms with Crippen molar-refractivity contribution in [3.05, 3.63) is 144 Å². The zero-order valence-corrected chi connectivity index (χ0v) is 18.8. The Balaban J connectivity index is 1.75. The molecule has 0 fully saturated rings. The number of hydrogen-bond acceptors (Lipinski definition) is 1. The summed E-state index contributed by atoms with van der Waals surface area (Å²) in [6, 6.07) is 26.2. The van der Waals surface area contributed by atoms with E-state index in [0.717, 1.165) is 29.1 Å². The van der Waals surface area contributed by atoms with Gasteiger partial charge in [-0.25, -0.2) is 0 Å². The van der Waals surface area contributed by atoms with Crippen molar-refractivity contribution in [2.24, 2.45) is 0 Å². The predicted molar refractivity (Wildman–Crippen MR) is 139 cm³/mol. The lowest BCUT2D eigenvalue weighted by Gasteiger charge is -2.27. The van der Waals surface area contributed by atoms with Crippen LogP contribution in [-0.2, 0) is 0 Å². The number of nitrogens with zero attached hydrogens (tertiary/aromatic N) is 1. The van der Waals surface area contributed by atoms with E-state index >= 15 is 0 Å². The van der Waals surface area contributed by atoms with Crippen LogP contribution in [0, 0.1) is 13.8 Å². The Bertz CT molecular complexity index is 1180. The second kappa shape index (κ2) is 9.98. The van der Waals surface area contributed by atoms with Gasteiger partial charge < -0.3 is 4.90 Å². The predicted octanol–water partition coefficient (Wildman–Crippen LogP) is 8.62. The van der Waals surface area contributed by atoms with Gasteiger partial charge in [-0.3, -0.25) is 0 Å². The fraction of sp³-hybridized carbons (Fsp3) is 0.0968. The highest BCUT2D eigenvalue weighted by molar-refractivity contribution is 5.74. The van der Waals surface area contributed by atoms with Gasteiger partial charge in [-0.05, 0) is 67.3 Å². The molecule has 0 unspecified atom stereocenters. The molecule has 1 heteroatoms. The molecule has 0 radical (unpaired) electrons. The van der Waals surface area contributed by atoms with Gasteiger partial charge in [0.2, 0.25) is 0 Å². The maximum Gasteiger partial charge on any atom is 0.0461 e. The number of rotatable bonds is 4. The Hall–Kier alpha value is -3.84. The number of aryl methyl sites for hydroxylation is 2. The van der Waals surface area contributed by atoms with Crippen LogP contribution in [0.15, 0.2) is 133 Å². The Morgan fingerprint density at radius 1 is 0.625 bits per heavy atom. The van der Waals surface area contributed by atoms with Crippen molar-refractivity contribution in [3.8, 4) is 11.1 Å². The Morgan fingerprint density at radius 3 is 1.78 bits per heavy atom. The standard InChI is InChI=1S/C31H29N/c1-24-8-6-4-5-7-9-29(19-12-24)32(30-20-13-26(3)14-21-30)31-22-17-28(18-23-31)27-15-10-25(2)11-16-27/h4-6,8-23H,1,7H2,2-3H3/b5-4-,8-6-,19-12-,29-9+. The van der Waals surface area contributed by atoms with E-state index in [9.17, 15) is 0 Å². The lowest BCUT2D eigenvalue weighted by atomic mass is 10.0. The van der Waals surface area contributed by atoms with Gasteiger partial charge in [0.05, 0.1) is 0 Å². The third kappa shape index (κ3) is 5.25. The van der Waals surface area contributed by atoms with Gasteiger partial charge in [0, 0.05) is 17.1 Å². The maximum absolute atomic E-state index is 4.14. The van der Waals surface area contributed by atoms with Gasteiger partial charge in [-0.15, -0.1) is 0 Å². The van der Waals surface area contributed by atoms with E-state index in [-0.39, 0.29) is 0 Å². The minimum atomic E-state index is 0.861. The average molecular weight is 416 g/mol. The van der Waals surface area contributed by atoms with Crippen molar-refractivity contribution in [2.45, 2.75) is 20.3 Å². The Labute approximate surface area is 192 Å². The van der Waals surface area contributed by atoms with Crippen LogP contribution in [0.5, 0.6) is 0 Å². The third-order valence-corrected chi connectivity index (χ3v) is 5.55. The van der Waals surface area contributed by atoms with Crippen LogP contribution >= 0.6 is 0 Å². The molecule has 0 N–H and O–H groups in total. The van der Waals surface area contributed by atoms with Gasteiger partial charge in [0.25, 0.3) is 0 Å². The van der Waals surface area contributed by atoms with Crippen molar-refractivity contribution >= 4 is 11.4 Å². The fourth-order valence-electron chi connectivity index (χ4n) is 3.70. The molecule has 0 aliphatic heterocycles. The smallest absolute Gasteiger partial charge is 0.0461 e. The first-order valence-electron chi connectivity index (χ1n) is 11.0. The highest BCUT2D eigenvalue weighted by Crippen LogP contribution is 2.33. The SMILES string of the molecule is C=C1/C=C\C=C/C/C=C(N(c2ccc(C)cc2)c2ccc(-c3ccc(C)cc3)cc2)\C=C/1. The van der Waals surface area contributed by atoms with E-state index in [1.54, 1.807) is 0 Å². The molecule has 0 aromatic heterocycles. The van der Waals surface area contributed by atoms with Crippen LogP contribution in [0.3, 0.4) is 0 Å². The summed E-state index contributed by atoms with van der Waals surface area (Å²) in [4.78, 5) is 2.31. The summed E-state index contributed by atoms with van der Waals surface area (Å²) in [5, 5.41) is 0. The summed E-state index contributed by atoms with van der Waals surface area (Å²) in [7, 11) is 0. The van der Waals surface area contributed by atoms with Gasteiger partial charge in [0.1, 0.15) is 0 Å². The molecule has 0 atom stereocenters. The molecule has 1 nitrogen and oxygen atoms in total. The number of benzene rings is 3. The number of allylic oxidation sites excluding steroid dienone is 8. The second-order valence-electron chi connectivity index (χ2n) is 8.14. The van der Waals surface area contributed by atoms with Crippen molar-refractivity contribution in [1.29, 1.82) is 0 Å². The third-order valence-electron chi connectivity index (χ3n) is 5.55. The zero-order valence-electron chi connectivity index (χ0n) is 18.8. The molecule has 0 spiro atoms. The van der Waals surface area contributed by atoms with Gasteiger partial charge >= 0.3 is 0 Å². The first kappa shape index (κ1) is 21.4. The van der Waals surface area contributed by atoms with Crippen molar-refractivity contribution in [2.75, 3.05) is 4.90 Å². The van der Waals surface area contributed by atoms with Crippen LogP contribution in [0.1, 0.15) is 17.5 Å². The number of anilines is 2. The first-order valence-corrected chi connectivity index (χ1v) is 11.0. The fourth-order valence-corrected chi connectivity index (χ4v) is 3.70. The van der Waals surface area contributed by atoms with Gasteiger partial charge in [-0.2, -0.15) is 0 Å². The average Bonchev–Trinajstić information content (AvgIpc) is 2.81. The van der Waals surface area contributed by atoms with Crippen molar-refractivity contribution in [3.63, 3.8) is 0 Å². The molecule has 0 bridgehead atoms. The summed E-state index contributed by atoms with van der Waals surface area (Å²) in [5.41, 5.74) is 9.33. The van der Waals surface area contributed by atoms with E-state index in [0.29, 0.717) is 0 Å². The molecule has 0 amide bonds. The highest BCUT2D eigenvalue weighted by Gasteiger charge is 2.13. The van der Waals surface area contributed by atoms with E-state index in [1.165, 1.54) is 22.3 Å². The maximum atomic E-state index is 4.14. The lowest BCUT2D eigenvalue weighted by molar-refractivity contribution is 1.17. The molecule has 158 valence electrons. The summed E-state index contributed by atoms with van der Waals surface area (Å²) in [6.07, 6.45) is 15.6. The quantitative estimate of drug-likeness (QED) is 0.412. The van der Waals surface area contributed by atoms with Crippen LogP contribution < -0.4 is 4.90 Å². The molecular formula is C31H29N. The number of hydrogen-bond donors (Lipinski definition) is 0. The van der Waals surface area contributed by atoms with E-state index in [2.05, 4.69) is 129 Å². The van der Waals surface area contributed by atoms with Crippen LogP contribution in [0.2, 0.25) is 0 Å². The molecule has 0 saturated heterocycles. The molecular weight excluding hydrogens is 386 g/mol. The van der Waals surface area contributed by atoms with Crippen LogP contribution in [0.4, 0.5) is 11.4 Å². The van der Waals surface area contributed by atoms with Gasteiger partial charge in [-0.1, -0.05) is 103 Å². The molecule has 1 aliphatic rings. The summed E-state index contributed by atoms with van der Waals surface area (Å²) in [5.74, 6) is 0. The highest BCUT2D eigenvalue weighted by atomic mass is 15.1. The largest absolute Gasteiger partial charge is 0.311 e. The Kier molecular flexibility index (Phi) is 6.67. The van der Waals surface area contributed by atoms with Crippen molar-refractivity contribution in [1.82, 2.24) is 0 Å². The molecule has 0 heterocycles. The van der Waals surface area contributed by atoms with Crippen molar-refractivity contribution < 1.29 is 0 Å². The molecule has 1 aliphatic carbocycles. The van der Waals surface area contributed by atoms with Gasteiger partial charge in [0.15, 0.2) is 0 Å².